The highest BCUT2D eigenvalue weighted by molar-refractivity contribution is 5.89. The van der Waals surface area contributed by atoms with Gasteiger partial charge in [-0.25, -0.2) is 0 Å². The highest BCUT2D eigenvalue weighted by Crippen LogP contribution is 2.13. The largest absolute Gasteiger partial charge is 0.378 e. The van der Waals surface area contributed by atoms with Gasteiger partial charge in [0.25, 0.3) is 0 Å². The SMILES string of the molecule is Cc1cc(NC(=O)CCc2ccc(N(C)C)cc2)n[nH]1. The van der Waals surface area contributed by atoms with Gasteiger partial charge in [0.15, 0.2) is 5.82 Å². The molecule has 0 atom stereocenters. The van der Waals surface area contributed by atoms with Crippen LogP contribution in [0.15, 0.2) is 30.3 Å². The third-order valence-electron chi connectivity index (χ3n) is 3.07. The fourth-order valence-corrected chi connectivity index (χ4v) is 1.91. The van der Waals surface area contributed by atoms with Gasteiger partial charge in [0.05, 0.1) is 0 Å². The maximum absolute atomic E-state index is 11.8. The second-order valence-electron chi connectivity index (χ2n) is 5.05. The summed E-state index contributed by atoms with van der Waals surface area (Å²) in [5, 5.41) is 9.55. The number of amides is 1. The van der Waals surface area contributed by atoms with Crippen molar-refractivity contribution >= 4 is 17.4 Å². The van der Waals surface area contributed by atoms with E-state index in [2.05, 4.69) is 44.7 Å². The number of benzene rings is 1. The molecule has 2 N–H and O–H groups in total. The maximum Gasteiger partial charge on any atom is 0.225 e. The van der Waals surface area contributed by atoms with Gasteiger partial charge in [-0.3, -0.25) is 9.89 Å². The van der Waals surface area contributed by atoms with Crippen molar-refractivity contribution in [3.05, 3.63) is 41.6 Å². The van der Waals surface area contributed by atoms with Gasteiger partial charge in [0.2, 0.25) is 5.91 Å². The summed E-state index contributed by atoms with van der Waals surface area (Å²) in [6.45, 7) is 1.90. The molecule has 1 aromatic carbocycles. The van der Waals surface area contributed by atoms with Crippen molar-refractivity contribution in [2.75, 3.05) is 24.3 Å². The molecule has 0 bridgehead atoms. The molecule has 0 unspecified atom stereocenters. The van der Waals surface area contributed by atoms with Crippen molar-refractivity contribution in [2.24, 2.45) is 0 Å². The van der Waals surface area contributed by atoms with Crippen molar-refractivity contribution in [2.45, 2.75) is 19.8 Å². The Hall–Kier alpha value is -2.30. The zero-order valence-electron chi connectivity index (χ0n) is 12.1. The molecule has 0 aliphatic heterocycles. The molecule has 1 aromatic heterocycles. The normalized spacial score (nSPS) is 10.3. The molecule has 0 aliphatic carbocycles. The van der Waals surface area contributed by atoms with Crippen LogP contribution in [0.3, 0.4) is 0 Å². The Morgan fingerprint density at radius 2 is 2.00 bits per heavy atom. The van der Waals surface area contributed by atoms with Gasteiger partial charge >= 0.3 is 0 Å². The molecule has 5 nitrogen and oxygen atoms in total. The van der Waals surface area contributed by atoms with Gasteiger partial charge in [-0.1, -0.05) is 12.1 Å². The number of hydrogen-bond acceptors (Lipinski definition) is 3. The first-order chi connectivity index (χ1) is 9.54. The van der Waals surface area contributed by atoms with Crippen molar-refractivity contribution < 1.29 is 4.79 Å². The quantitative estimate of drug-likeness (QED) is 0.878. The van der Waals surface area contributed by atoms with Crippen LogP contribution in [0, 0.1) is 6.92 Å². The standard InChI is InChI=1S/C15H20N4O/c1-11-10-14(18-17-11)16-15(20)9-6-12-4-7-13(8-5-12)19(2)3/h4-5,7-8,10H,6,9H2,1-3H3,(H2,16,17,18,20). The number of nitrogens with one attached hydrogen (secondary N) is 2. The molecule has 1 amide bonds. The van der Waals surface area contributed by atoms with Crippen LogP contribution in [0.5, 0.6) is 0 Å². The number of rotatable bonds is 5. The van der Waals surface area contributed by atoms with Crippen LogP contribution in [-0.4, -0.2) is 30.2 Å². The Morgan fingerprint density at radius 3 is 2.55 bits per heavy atom. The Balaban J connectivity index is 1.83. The topological polar surface area (TPSA) is 61.0 Å². The maximum atomic E-state index is 11.8. The van der Waals surface area contributed by atoms with E-state index in [1.54, 1.807) is 0 Å². The number of aryl methyl sites for hydroxylation is 2. The van der Waals surface area contributed by atoms with Crippen molar-refractivity contribution in [1.82, 2.24) is 10.2 Å². The Bertz CT molecular complexity index is 572. The second kappa shape index (κ2) is 6.23. The summed E-state index contributed by atoms with van der Waals surface area (Å²) >= 11 is 0. The van der Waals surface area contributed by atoms with Gasteiger partial charge in [0.1, 0.15) is 0 Å². The van der Waals surface area contributed by atoms with E-state index < -0.39 is 0 Å². The van der Waals surface area contributed by atoms with E-state index in [1.165, 1.54) is 0 Å². The minimum absolute atomic E-state index is 0.0202. The number of nitrogens with zero attached hydrogens (tertiary/aromatic N) is 2. The molecule has 0 fully saturated rings. The molecule has 1 heterocycles. The van der Waals surface area contributed by atoms with E-state index >= 15 is 0 Å². The molecular weight excluding hydrogens is 252 g/mol. The summed E-state index contributed by atoms with van der Waals surface area (Å²) in [7, 11) is 4.02. The average molecular weight is 272 g/mol. The van der Waals surface area contributed by atoms with Gasteiger partial charge in [-0.2, -0.15) is 5.10 Å². The summed E-state index contributed by atoms with van der Waals surface area (Å²) in [5.41, 5.74) is 3.24. The lowest BCUT2D eigenvalue weighted by Gasteiger charge is -2.12. The summed E-state index contributed by atoms with van der Waals surface area (Å²) in [6, 6.07) is 10.0. The number of carbonyl (C=O) groups excluding carboxylic acids is 1. The van der Waals surface area contributed by atoms with Crippen LogP contribution in [0.2, 0.25) is 0 Å². The van der Waals surface area contributed by atoms with E-state index in [0.29, 0.717) is 12.2 Å². The first-order valence-electron chi connectivity index (χ1n) is 6.63. The lowest BCUT2D eigenvalue weighted by molar-refractivity contribution is -0.116. The molecule has 0 spiro atoms. The average Bonchev–Trinajstić information content (AvgIpc) is 2.82. The van der Waals surface area contributed by atoms with Crippen molar-refractivity contribution in [3.8, 4) is 0 Å². The Labute approximate surface area is 119 Å². The first-order valence-corrected chi connectivity index (χ1v) is 6.63. The molecule has 20 heavy (non-hydrogen) atoms. The number of H-pyrrole nitrogens is 1. The molecular formula is C15H20N4O. The first kappa shape index (κ1) is 14.1. The van der Waals surface area contributed by atoms with Crippen LogP contribution >= 0.6 is 0 Å². The fraction of sp³-hybridized carbons (Fsp3) is 0.333. The van der Waals surface area contributed by atoms with Gasteiger partial charge < -0.3 is 10.2 Å². The fourth-order valence-electron chi connectivity index (χ4n) is 1.91. The molecule has 2 aromatic rings. The third-order valence-corrected chi connectivity index (χ3v) is 3.07. The molecule has 0 aliphatic rings. The lowest BCUT2D eigenvalue weighted by atomic mass is 10.1. The Morgan fingerprint density at radius 1 is 1.30 bits per heavy atom. The number of aromatic amines is 1. The summed E-state index contributed by atoms with van der Waals surface area (Å²) in [6.07, 6.45) is 1.18. The van der Waals surface area contributed by atoms with Gasteiger partial charge in [0, 0.05) is 38.0 Å². The van der Waals surface area contributed by atoms with E-state index in [-0.39, 0.29) is 5.91 Å². The van der Waals surface area contributed by atoms with E-state index in [1.807, 2.05) is 27.1 Å². The monoisotopic (exact) mass is 272 g/mol. The molecule has 0 radical (unpaired) electrons. The van der Waals surface area contributed by atoms with Gasteiger partial charge in [-0.15, -0.1) is 0 Å². The summed E-state index contributed by atoms with van der Waals surface area (Å²) in [4.78, 5) is 13.8. The molecule has 0 saturated carbocycles. The Kier molecular flexibility index (Phi) is 4.40. The third kappa shape index (κ3) is 3.85. The highest BCUT2D eigenvalue weighted by atomic mass is 16.1. The number of hydrogen-bond donors (Lipinski definition) is 2. The van der Waals surface area contributed by atoms with Crippen LogP contribution in [-0.2, 0) is 11.2 Å². The molecule has 5 heteroatoms. The van der Waals surface area contributed by atoms with Crippen LogP contribution in [0.4, 0.5) is 11.5 Å². The minimum atomic E-state index is -0.0202. The van der Waals surface area contributed by atoms with Crippen LogP contribution in [0.25, 0.3) is 0 Å². The van der Waals surface area contributed by atoms with Crippen molar-refractivity contribution in [1.29, 1.82) is 0 Å². The predicted molar refractivity (Wildman–Crippen MR) is 81.0 cm³/mol. The van der Waals surface area contributed by atoms with Crippen LogP contribution < -0.4 is 10.2 Å². The van der Waals surface area contributed by atoms with E-state index in [4.69, 9.17) is 0 Å². The lowest BCUT2D eigenvalue weighted by Crippen LogP contribution is -2.12. The van der Waals surface area contributed by atoms with Crippen molar-refractivity contribution in [3.63, 3.8) is 0 Å². The molecule has 2 rings (SSSR count). The summed E-state index contributed by atoms with van der Waals surface area (Å²) in [5.74, 6) is 0.559. The zero-order chi connectivity index (χ0) is 14.5. The number of carbonyl (C=O) groups is 1. The summed E-state index contributed by atoms with van der Waals surface area (Å²) < 4.78 is 0. The number of anilines is 2. The van der Waals surface area contributed by atoms with E-state index in [9.17, 15) is 4.79 Å². The van der Waals surface area contributed by atoms with Gasteiger partial charge in [-0.05, 0) is 31.0 Å². The molecule has 106 valence electrons. The number of aromatic nitrogens is 2. The highest BCUT2D eigenvalue weighted by Gasteiger charge is 2.05. The second-order valence-corrected chi connectivity index (χ2v) is 5.05. The van der Waals surface area contributed by atoms with Crippen LogP contribution in [0.1, 0.15) is 17.7 Å². The van der Waals surface area contributed by atoms with E-state index in [0.717, 1.165) is 23.4 Å². The minimum Gasteiger partial charge on any atom is -0.378 e. The molecule has 0 saturated heterocycles. The zero-order valence-corrected chi connectivity index (χ0v) is 12.1. The predicted octanol–water partition coefficient (Wildman–Crippen LogP) is 2.36. The smallest absolute Gasteiger partial charge is 0.225 e.